The molecule has 2 unspecified atom stereocenters. The Balaban J connectivity index is 1.63. The number of hydrogen-bond donors (Lipinski definition) is 1. The van der Waals surface area contributed by atoms with Gasteiger partial charge < -0.3 is 10.1 Å². The summed E-state index contributed by atoms with van der Waals surface area (Å²) in [5.74, 6) is 0.702. The van der Waals surface area contributed by atoms with Crippen LogP contribution in [0.4, 0.5) is 5.95 Å². The Morgan fingerprint density at radius 1 is 1.20 bits per heavy atom. The van der Waals surface area contributed by atoms with Gasteiger partial charge in [0.1, 0.15) is 0 Å². The standard InChI is InChI=1S/C20H28N4O/c1-4-18(23-20-21-15(2)12-16(3)22-20)19-14-24(10-11-25-19)13-17-8-6-5-7-9-17/h5-9,12,18-19H,4,10-11,13-14H2,1-3H3,(H,21,22,23). The van der Waals surface area contributed by atoms with E-state index in [0.717, 1.165) is 44.0 Å². The molecule has 0 radical (unpaired) electrons. The molecule has 1 N–H and O–H groups in total. The van der Waals surface area contributed by atoms with Crippen molar-refractivity contribution in [3.8, 4) is 0 Å². The van der Waals surface area contributed by atoms with E-state index in [1.54, 1.807) is 0 Å². The first-order valence-electron chi connectivity index (χ1n) is 9.10. The van der Waals surface area contributed by atoms with Crippen molar-refractivity contribution in [1.29, 1.82) is 0 Å². The van der Waals surface area contributed by atoms with Gasteiger partial charge >= 0.3 is 0 Å². The second-order valence-corrected chi connectivity index (χ2v) is 6.76. The quantitative estimate of drug-likeness (QED) is 0.875. The molecule has 0 amide bonds. The summed E-state index contributed by atoms with van der Waals surface area (Å²) < 4.78 is 6.07. The van der Waals surface area contributed by atoms with Crippen LogP contribution in [-0.2, 0) is 11.3 Å². The topological polar surface area (TPSA) is 50.3 Å². The molecule has 1 fully saturated rings. The number of nitrogens with one attached hydrogen (secondary N) is 1. The van der Waals surface area contributed by atoms with Gasteiger partial charge in [0.15, 0.2) is 0 Å². The van der Waals surface area contributed by atoms with Gasteiger partial charge in [0.25, 0.3) is 0 Å². The highest BCUT2D eigenvalue weighted by Gasteiger charge is 2.27. The first-order valence-corrected chi connectivity index (χ1v) is 9.10. The molecule has 1 saturated heterocycles. The van der Waals surface area contributed by atoms with Crippen molar-refractivity contribution in [2.75, 3.05) is 25.0 Å². The molecule has 0 saturated carbocycles. The molecule has 0 spiro atoms. The third-order valence-electron chi connectivity index (χ3n) is 4.61. The van der Waals surface area contributed by atoms with Gasteiger partial charge in [0.05, 0.1) is 18.8 Å². The maximum Gasteiger partial charge on any atom is 0.223 e. The first-order chi connectivity index (χ1) is 12.1. The summed E-state index contributed by atoms with van der Waals surface area (Å²) in [6.45, 7) is 9.81. The van der Waals surface area contributed by atoms with E-state index in [1.165, 1.54) is 5.56 Å². The van der Waals surface area contributed by atoms with Gasteiger partial charge in [0.2, 0.25) is 5.95 Å². The fourth-order valence-electron chi connectivity index (χ4n) is 3.37. The molecule has 2 aromatic rings. The molecule has 25 heavy (non-hydrogen) atoms. The zero-order valence-corrected chi connectivity index (χ0v) is 15.4. The molecule has 1 aliphatic heterocycles. The Morgan fingerprint density at radius 2 is 1.92 bits per heavy atom. The van der Waals surface area contributed by atoms with Crippen molar-refractivity contribution in [1.82, 2.24) is 14.9 Å². The number of ether oxygens (including phenoxy) is 1. The molecule has 3 rings (SSSR count). The van der Waals surface area contributed by atoms with Gasteiger partial charge in [-0.1, -0.05) is 37.3 Å². The molecule has 5 heteroatoms. The van der Waals surface area contributed by atoms with Crippen molar-refractivity contribution in [3.63, 3.8) is 0 Å². The van der Waals surface area contributed by atoms with Crippen LogP contribution in [0.25, 0.3) is 0 Å². The smallest absolute Gasteiger partial charge is 0.223 e. The summed E-state index contributed by atoms with van der Waals surface area (Å²) in [5, 5.41) is 3.49. The number of hydrogen-bond acceptors (Lipinski definition) is 5. The molecule has 134 valence electrons. The van der Waals surface area contributed by atoms with Gasteiger partial charge in [-0.25, -0.2) is 9.97 Å². The van der Waals surface area contributed by atoms with Gasteiger partial charge in [-0.2, -0.15) is 0 Å². The molecule has 1 aliphatic rings. The Kier molecular flexibility index (Phi) is 6.00. The van der Waals surface area contributed by atoms with Gasteiger partial charge in [-0.3, -0.25) is 4.90 Å². The maximum absolute atomic E-state index is 6.07. The number of benzene rings is 1. The lowest BCUT2D eigenvalue weighted by atomic mass is 10.1. The highest BCUT2D eigenvalue weighted by Crippen LogP contribution is 2.17. The first kappa shape index (κ1) is 17.8. The molecule has 5 nitrogen and oxygen atoms in total. The molecule has 2 atom stereocenters. The molecule has 0 aliphatic carbocycles. The Hall–Kier alpha value is -1.98. The lowest BCUT2D eigenvalue weighted by Crippen LogP contribution is -2.49. The highest BCUT2D eigenvalue weighted by molar-refractivity contribution is 5.29. The Labute approximate surface area is 150 Å². The van der Waals surface area contributed by atoms with Crippen molar-refractivity contribution in [2.45, 2.75) is 45.9 Å². The summed E-state index contributed by atoms with van der Waals surface area (Å²) in [4.78, 5) is 11.5. The number of rotatable bonds is 6. The van der Waals surface area contributed by atoms with Crippen molar-refractivity contribution in [3.05, 3.63) is 53.3 Å². The van der Waals surface area contributed by atoms with Crippen LogP contribution in [0.1, 0.15) is 30.3 Å². The van der Waals surface area contributed by atoms with Crippen LogP contribution < -0.4 is 5.32 Å². The van der Waals surface area contributed by atoms with Crippen LogP contribution in [0.3, 0.4) is 0 Å². The van der Waals surface area contributed by atoms with Gasteiger partial charge in [0, 0.05) is 31.0 Å². The average Bonchev–Trinajstić information content (AvgIpc) is 2.60. The number of nitrogens with zero attached hydrogens (tertiary/aromatic N) is 3. The molecule has 1 aromatic carbocycles. The van der Waals surface area contributed by atoms with Crippen molar-refractivity contribution < 1.29 is 4.74 Å². The molecule has 1 aromatic heterocycles. The minimum Gasteiger partial charge on any atom is -0.373 e. The zero-order chi connectivity index (χ0) is 17.6. The van der Waals surface area contributed by atoms with Crippen LogP contribution >= 0.6 is 0 Å². The number of morpholine rings is 1. The molecular formula is C20H28N4O. The van der Waals surface area contributed by atoms with E-state index < -0.39 is 0 Å². The van der Waals surface area contributed by atoms with E-state index in [1.807, 2.05) is 19.9 Å². The zero-order valence-electron chi connectivity index (χ0n) is 15.4. The van der Waals surface area contributed by atoms with E-state index in [4.69, 9.17) is 4.74 Å². The minimum atomic E-state index is 0.145. The minimum absolute atomic E-state index is 0.145. The number of aryl methyl sites for hydroxylation is 2. The van der Waals surface area contributed by atoms with E-state index in [-0.39, 0.29) is 12.1 Å². The second-order valence-electron chi connectivity index (χ2n) is 6.76. The SMILES string of the molecule is CCC(Nc1nc(C)cc(C)n1)C1CN(Cc2ccccc2)CCO1. The predicted octanol–water partition coefficient (Wildman–Crippen LogP) is 3.18. The van der Waals surface area contributed by atoms with Crippen LogP contribution in [0.2, 0.25) is 0 Å². The van der Waals surface area contributed by atoms with Crippen LogP contribution in [0.15, 0.2) is 36.4 Å². The fourth-order valence-corrected chi connectivity index (χ4v) is 3.37. The van der Waals surface area contributed by atoms with Crippen LogP contribution in [0, 0.1) is 13.8 Å². The molecule has 0 bridgehead atoms. The van der Waals surface area contributed by atoms with E-state index in [2.05, 4.69) is 57.4 Å². The summed E-state index contributed by atoms with van der Waals surface area (Å²) in [6.07, 6.45) is 1.12. The summed E-state index contributed by atoms with van der Waals surface area (Å²) >= 11 is 0. The fraction of sp³-hybridized carbons (Fsp3) is 0.500. The van der Waals surface area contributed by atoms with Gasteiger partial charge in [-0.15, -0.1) is 0 Å². The third-order valence-corrected chi connectivity index (χ3v) is 4.61. The number of anilines is 1. The maximum atomic E-state index is 6.07. The van der Waals surface area contributed by atoms with E-state index in [9.17, 15) is 0 Å². The van der Waals surface area contributed by atoms with Crippen LogP contribution in [-0.4, -0.2) is 46.7 Å². The summed E-state index contributed by atoms with van der Waals surface area (Å²) in [7, 11) is 0. The monoisotopic (exact) mass is 340 g/mol. The average molecular weight is 340 g/mol. The predicted molar refractivity (Wildman–Crippen MR) is 101 cm³/mol. The van der Waals surface area contributed by atoms with E-state index in [0.29, 0.717) is 5.95 Å². The second kappa shape index (κ2) is 8.41. The lowest BCUT2D eigenvalue weighted by molar-refractivity contribution is -0.0403. The highest BCUT2D eigenvalue weighted by atomic mass is 16.5. The van der Waals surface area contributed by atoms with Gasteiger partial charge in [-0.05, 0) is 31.9 Å². The Bertz CT molecular complexity index is 656. The van der Waals surface area contributed by atoms with E-state index >= 15 is 0 Å². The van der Waals surface area contributed by atoms with Crippen molar-refractivity contribution in [2.24, 2.45) is 0 Å². The Morgan fingerprint density at radius 3 is 2.60 bits per heavy atom. The number of aromatic nitrogens is 2. The molecule has 2 heterocycles. The van der Waals surface area contributed by atoms with Crippen molar-refractivity contribution >= 4 is 5.95 Å². The summed E-state index contributed by atoms with van der Waals surface area (Å²) in [5.41, 5.74) is 3.32. The lowest BCUT2D eigenvalue weighted by Gasteiger charge is -2.37. The third kappa shape index (κ3) is 5.00. The molecular weight excluding hydrogens is 312 g/mol. The van der Waals surface area contributed by atoms with Crippen LogP contribution in [0.5, 0.6) is 0 Å². The normalized spacial score (nSPS) is 19.6. The largest absolute Gasteiger partial charge is 0.373 e. The summed E-state index contributed by atoms with van der Waals surface area (Å²) in [6, 6.07) is 12.8.